The molecule has 1 atom stereocenters. The fourth-order valence-corrected chi connectivity index (χ4v) is 4.39. The van der Waals surface area contributed by atoms with Gasteiger partial charge in [0.2, 0.25) is 5.91 Å². The number of para-hydroxylation sites is 2. The number of likely N-dealkylation sites (tertiary alicyclic amines) is 1. The van der Waals surface area contributed by atoms with Crippen molar-refractivity contribution in [3.05, 3.63) is 88.9 Å². The summed E-state index contributed by atoms with van der Waals surface area (Å²) >= 11 is 5.96. The maximum Gasteiger partial charge on any atom is 0.227 e. The summed E-state index contributed by atoms with van der Waals surface area (Å²) < 4.78 is 11.4. The molecule has 1 heterocycles. The topological polar surface area (TPSA) is 50.8 Å². The molecule has 1 aliphatic rings. The summed E-state index contributed by atoms with van der Waals surface area (Å²) in [6.45, 7) is 4.68. The minimum atomic E-state index is -0.193. The Labute approximate surface area is 206 Å². The van der Waals surface area contributed by atoms with Crippen LogP contribution in [0.15, 0.2) is 72.8 Å². The van der Waals surface area contributed by atoms with E-state index in [9.17, 15) is 4.79 Å². The monoisotopic (exact) mass is 478 g/mol. The van der Waals surface area contributed by atoms with Gasteiger partial charge in [-0.2, -0.15) is 0 Å². The first-order chi connectivity index (χ1) is 16.5. The van der Waals surface area contributed by atoms with Crippen LogP contribution in [0.4, 0.5) is 0 Å². The van der Waals surface area contributed by atoms with E-state index in [1.165, 1.54) is 5.56 Å². The normalized spacial score (nSPS) is 15.5. The molecular weight excluding hydrogens is 448 g/mol. The maximum atomic E-state index is 12.7. The van der Waals surface area contributed by atoms with Crippen molar-refractivity contribution in [2.75, 3.05) is 20.2 Å². The van der Waals surface area contributed by atoms with E-state index in [0.717, 1.165) is 43.8 Å². The van der Waals surface area contributed by atoms with Gasteiger partial charge in [-0.25, -0.2) is 0 Å². The average Bonchev–Trinajstić information content (AvgIpc) is 2.86. The van der Waals surface area contributed by atoms with Gasteiger partial charge in [0.25, 0.3) is 0 Å². The second-order valence-electron chi connectivity index (χ2n) is 8.73. The lowest BCUT2D eigenvalue weighted by molar-refractivity contribution is -0.123. The zero-order chi connectivity index (χ0) is 23.9. The first kappa shape index (κ1) is 24.1. The van der Waals surface area contributed by atoms with Gasteiger partial charge in [0.1, 0.15) is 5.75 Å². The summed E-state index contributed by atoms with van der Waals surface area (Å²) in [7, 11) is 1.64. The van der Waals surface area contributed by atoms with E-state index in [2.05, 4.69) is 22.3 Å². The number of amides is 1. The molecule has 0 aromatic heterocycles. The molecule has 1 unspecified atom stereocenters. The molecule has 1 aliphatic heterocycles. The Hall–Kier alpha value is -3.02. The number of halogens is 1. The van der Waals surface area contributed by atoms with Gasteiger partial charge >= 0.3 is 0 Å². The highest BCUT2D eigenvalue weighted by Gasteiger charge is 2.23. The molecule has 3 aromatic rings. The van der Waals surface area contributed by atoms with E-state index >= 15 is 0 Å². The Morgan fingerprint density at radius 3 is 2.44 bits per heavy atom. The molecule has 0 bridgehead atoms. The lowest BCUT2D eigenvalue weighted by Gasteiger charge is -2.33. The van der Waals surface area contributed by atoms with Crippen LogP contribution in [0, 0.1) is 0 Å². The Kier molecular flexibility index (Phi) is 8.09. The zero-order valence-electron chi connectivity index (χ0n) is 19.7. The molecule has 1 amide bonds. The van der Waals surface area contributed by atoms with Gasteiger partial charge in [0.15, 0.2) is 11.5 Å². The van der Waals surface area contributed by atoms with Crippen molar-refractivity contribution >= 4 is 17.5 Å². The Morgan fingerprint density at radius 2 is 1.74 bits per heavy atom. The molecule has 3 aromatic carbocycles. The predicted octanol–water partition coefficient (Wildman–Crippen LogP) is 6.03. The summed E-state index contributed by atoms with van der Waals surface area (Å²) in [5, 5.41) is 3.91. The van der Waals surface area contributed by atoms with E-state index < -0.39 is 0 Å². The summed E-state index contributed by atoms with van der Waals surface area (Å²) in [4.78, 5) is 15.1. The van der Waals surface area contributed by atoms with Gasteiger partial charge in [0, 0.05) is 30.7 Å². The number of nitrogens with zero attached hydrogens (tertiary/aromatic N) is 1. The predicted molar refractivity (Wildman–Crippen MR) is 136 cm³/mol. The van der Waals surface area contributed by atoms with Crippen LogP contribution in [0.5, 0.6) is 17.2 Å². The van der Waals surface area contributed by atoms with Crippen LogP contribution >= 0.6 is 11.6 Å². The number of methoxy groups -OCH3 is 1. The largest absolute Gasteiger partial charge is 0.493 e. The number of benzene rings is 3. The minimum absolute atomic E-state index is 0.0713. The number of piperidine rings is 1. The van der Waals surface area contributed by atoms with Crippen LogP contribution in [-0.4, -0.2) is 37.0 Å². The third-order valence-corrected chi connectivity index (χ3v) is 6.55. The summed E-state index contributed by atoms with van der Waals surface area (Å²) in [6, 6.07) is 23.5. The lowest BCUT2D eigenvalue weighted by Crippen LogP contribution is -2.45. The smallest absolute Gasteiger partial charge is 0.227 e. The summed E-state index contributed by atoms with van der Waals surface area (Å²) in [5.41, 5.74) is 2.18. The highest BCUT2D eigenvalue weighted by molar-refractivity contribution is 6.30. The quantitative estimate of drug-likeness (QED) is 0.429. The van der Waals surface area contributed by atoms with Crippen molar-refractivity contribution in [1.82, 2.24) is 10.2 Å². The van der Waals surface area contributed by atoms with Gasteiger partial charge in [-0.1, -0.05) is 48.0 Å². The highest BCUT2D eigenvalue weighted by atomic mass is 35.5. The van der Waals surface area contributed by atoms with E-state index in [4.69, 9.17) is 21.1 Å². The summed E-state index contributed by atoms with van der Waals surface area (Å²) in [5.74, 6) is 2.08. The number of hydrogen-bond donors (Lipinski definition) is 1. The van der Waals surface area contributed by atoms with Crippen molar-refractivity contribution in [2.45, 2.75) is 38.3 Å². The molecule has 0 spiro atoms. The van der Waals surface area contributed by atoms with Gasteiger partial charge < -0.3 is 14.8 Å². The first-order valence-electron chi connectivity index (χ1n) is 11.7. The molecule has 178 valence electrons. The van der Waals surface area contributed by atoms with Crippen LogP contribution < -0.4 is 14.8 Å². The van der Waals surface area contributed by atoms with Gasteiger partial charge in [-0.15, -0.1) is 0 Å². The minimum Gasteiger partial charge on any atom is -0.493 e. The number of carbonyl (C=O) groups excluding carboxylic acids is 1. The fraction of sp³-hybridized carbons (Fsp3) is 0.321. The van der Waals surface area contributed by atoms with Crippen LogP contribution in [0.25, 0.3) is 0 Å². The van der Waals surface area contributed by atoms with Crippen molar-refractivity contribution in [3.8, 4) is 17.2 Å². The van der Waals surface area contributed by atoms with Crippen molar-refractivity contribution in [2.24, 2.45) is 0 Å². The second-order valence-corrected chi connectivity index (χ2v) is 9.17. The molecule has 1 N–H and O–H groups in total. The third-order valence-electron chi connectivity index (χ3n) is 6.30. The van der Waals surface area contributed by atoms with E-state index in [1.807, 2.05) is 67.6 Å². The molecule has 4 rings (SSSR count). The molecule has 34 heavy (non-hydrogen) atoms. The third kappa shape index (κ3) is 6.31. The number of ether oxygens (including phenoxy) is 2. The second kappa shape index (κ2) is 11.4. The first-order valence-corrected chi connectivity index (χ1v) is 12.1. The molecule has 5 nitrogen and oxygen atoms in total. The standard InChI is InChI=1S/C28H31ClN2O3/c1-20(22-10-12-23(29)13-11-22)28(32)30-24-14-16-31(17-15-24)19-21-6-5-7-25(18-21)34-27-9-4-3-8-26(27)33-2/h3-13,18,20,24H,14-17,19H2,1-2H3,(H,30,32). The summed E-state index contributed by atoms with van der Waals surface area (Å²) in [6.07, 6.45) is 1.88. The van der Waals surface area contributed by atoms with Crippen molar-refractivity contribution in [3.63, 3.8) is 0 Å². The van der Waals surface area contributed by atoms with Crippen LogP contribution in [-0.2, 0) is 11.3 Å². The van der Waals surface area contributed by atoms with Crippen LogP contribution in [0.3, 0.4) is 0 Å². The number of rotatable bonds is 8. The molecule has 0 aliphatic carbocycles. The van der Waals surface area contributed by atoms with Crippen LogP contribution in [0.2, 0.25) is 5.02 Å². The Bertz CT molecular complexity index is 1090. The SMILES string of the molecule is COc1ccccc1Oc1cccc(CN2CCC(NC(=O)C(C)c3ccc(Cl)cc3)CC2)c1. The molecule has 0 radical (unpaired) electrons. The Morgan fingerprint density at radius 1 is 1.03 bits per heavy atom. The Balaban J connectivity index is 1.27. The molecule has 0 saturated carbocycles. The van der Waals surface area contributed by atoms with E-state index in [-0.39, 0.29) is 17.9 Å². The average molecular weight is 479 g/mol. The number of carbonyl (C=O) groups is 1. The van der Waals surface area contributed by atoms with Crippen molar-refractivity contribution in [1.29, 1.82) is 0 Å². The van der Waals surface area contributed by atoms with Crippen LogP contribution in [0.1, 0.15) is 36.8 Å². The van der Waals surface area contributed by atoms with E-state index in [0.29, 0.717) is 16.5 Å². The lowest BCUT2D eigenvalue weighted by atomic mass is 9.98. The maximum absolute atomic E-state index is 12.7. The molecule has 1 saturated heterocycles. The highest BCUT2D eigenvalue weighted by Crippen LogP contribution is 2.31. The zero-order valence-corrected chi connectivity index (χ0v) is 20.4. The molecule has 6 heteroatoms. The van der Waals surface area contributed by atoms with Gasteiger partial charge in [-0.3, -0.25) is 9.69 Å². The molecular formula is C28H31ClN2O3. The number of hydrogen-bond acceptors (Lipinski definition) is 4. The number of nitrogens with one attached hydrogen (secondary N) is 1. The van der Waals surface area contributed by atoms with E-state index in [1.54, 1.807) is 7.11 Å². The van der Waals surface area contributed by atoms with Crippen molar-refractivity contribution < 1.29 is 14.3 Å². The fourth-order valence-electron chi connectivity index (χ4n) is 4.26. The molecule has 1 fully saturated rings. The van der Waals surface area contributed by atoms with Gasteiger partial charge in [-0.05, 0) is 67.3 Å². The van der Waals surface area contributed by atoms with Gasteiger partial charge in [0.05, 0.1) is 13.0 Å².